The molecule has 0 unspecified atom stereocenters. The molecule has 8 heteroatoms. The number of aromatic nitrogens is 1. The molecule has 7 nitrogen and oxygen atoms in total. The second-order valence-corrected chi connectivity index (χ2v) is 8.49. The molecule has 0 spiro atoms. The highest BCUT2D eigenvalue weighted by atomic mass is 35.5. The number of hydrogen-bond acceptors (Lipinski definition) is 5. The van der Waals surface area contributed by atoms with E-state index in [1.54, 1.807) is 24.5 Å². The molecule has 2 aromatic carbocycles. The molecule has 0 radical (unpaired) electrons. The molecule has 0 aliphatic carbocycles. The summed E-state index contributed by atoms with van der Waals surface area (Å²) < 4.78 is 5.77. The number of nitrogens with one attached hydrogen (secondary N) is 2. The zero-order valence-electron chi connectivity index (χ0n) is 19.4. The molecule has 0 aliphatic heterocycles. The number of rotatable bonds is 9. The van der Waals surface area contributed by atoms with E-state index in [2.05, 4.69) is 25.4 Å². The Bertz CT molecular complexity index is 1060. The van der Waals surface area contributed by atoms with Crippen LogP contribution in [0.5, 0.6) is 11.5 Å². The topological polar surface area (TPSA) is 69.7 Å². The molecule has 1 heterocycles. The van der Waals surface area contributed by atoms with Gasteiger partial charge < -0.3 is 25.2 Å². The minimum atomic E-state index is -0.281. The van der Waals surface area contributed by atoms with Gasteiger partial charge >= 0.3 is 6.03 Å². The molecule has 0 fully saturated rings. The van der Waals surface area contributed by atoms with Crippen molar-refractivity contribution in [3.8, 4) is 11.5 Å². The van der Waals surface area contributed by atoms with Crippen LogP contribution in [0, 0.1) is 6.92 Å². The fraction of sp³-hybridized carbons (Fsp3) is 0.280. The first-order chi connectivity index (χ1) is 15.8. The van der Waals surface area contributed by atoms with Crippen LogP contribution in [0.1, 0.15) is 11.1 Å². The van der Waals surface area contributed by atoms with E-state index in [0.717, 1.165) is 47.1 Å². The lowest BCUT2D eigenvalue weighted by atomic mass is 10.1. The van der Waals surface area contributed by atoms with Crippen LogP contribution in [0.2, 0.25) is 5.02 Å². The van der Waals surface area contributed by atoms with Crippen LogP contribution in [0.4, 0.5) is 16.2 Å². The smallest absolute Gasteiger partial charge is 0.319 e. The van der Waals surface area contributed by atoms with E-state index in [1.807, 2.05) is 64.5 Å². The highest BCUT2D eigenvalue weighted by Crippen LogP contribution is 2.31. The molecule has 0 aliphatic rings. The van der Waals surface area contributed by atoms with Crippen LogP contribution in [-0.4, -0.2) is 50.1 Å². The zero-order valence-corrected chi connectivity index (χ0v) is 20.2. The van der Waals surface area contributed by atoms with Gasteiger partial charge in [0.1, 0.15) is 11.5 Å². The zero-order chi connectivity index (χ0) is 23.8. The Balaban J connectivity index is 1.59. The van der Waals surface area contributed by atoms with Crippen LogP contribution in [0.25, 0.3) is 0 Å². The predicted molar refractivity (Wildman–Crippen MR) is 135 cm³/mol. The number of aryl methyl sites for hydroxylation is 1. The van der Waals surface area contributed by atoms with E-state index in [1.165, 1.54) is 0 Å². The molecule has 2 amide bonds. The Hall–Kier alpha value is -3.29. The fourth-order valence-corrected chi connectivity index (χ4v) is 3.28. The third-order valence-electron chi connectivity index (χ3n) is 5.08. The number of nitrogens with zero attached hydrogens (tertiary/aromatic N) is 3. The molecule has 0 atom stereocenters. The van der Waals surface area contributed by atoms with Gasteiger partial charge in [0.15, 0.2) is 0 Å². The van der Waals surface area contributed by atoms with Crippen LogP contribution in [-0.2, 0) is 6.54 Å². The van der Waals surface area contributed by atoms with Gasteiger partial charge in [-0.3, -0.25) is 4.98 Å². The van der Waals surface area contributed by atoms with Crippen LogP contribution in [0.15, 0.2) is 60.9 Å². The van der Waals surface area contributed by atoms with E-state index >= 15 is 0 Å². The van der Waals surface area contributed by atoms with E-state index in [4.69, 9.17) is 16.3 Å². The highest BCUT2D eigenvalue weighted by molar-refractivity contribution is 6.31. The van der Waals surface area contributed by atoms with E-state index < -0.39 is 0 Å². The Labute approximate surface area is 200 Å². The average molecular weight is 468 g/mol. The van der Waals surface area contributed by atoms with Crippen LogP contribution >= 0.6 is 11.6 Å². The van der Waals surface area contributed by atoms with Crippen molar-refractivity contribution in [3.63, 3.8) is 0 Å². The maximum absolute atomic E-state index is 12.6. The summed E-state index contributed by atoms with van der Waals surface area (Å²) >= 11 is 6.36. The Morgan fingerprint density at radius 2 is 1.67 bits per heavy atom. The Kier molecular flexibility index (Phi) is 8.52. The van der Waals surface area contributed by atoms with E-state index in [0.29, 0.717) is 11.6 Å². The lowest BCUT2D eigenvalue weighted by Gasteiger charge is -2.25. The van der Waals surface area contributed by atoms with Crippen molar-refractivity contribution in [1.82, 2.24) is 15.2 Å². The number of pyridine rings is 1. The van der Waals surface area contributed by atoms with Crippen molar-refractivity contribution in [2.75, 3.05) is 44.4 Å². The number of carbonyl (C=O) groups is 1. The largest absolute Gasteiger partial charge is 0.457 e. The molecule has 33 heavy (non-hydrogen) atoms. The number of halogens is 1. The first-order valence-corrected chi connectivity index (χ1v) is 11.1. The normalized spacial score (nSPS) is 10.7. The lowest BCUT2D eigenvalue weighted by molar-refractivity contribution is 0.251. The van der Waals surface area contributed by atoms with Crippen molar-refractivity contribution in [2.24, 2.45) is 0 Å². The summed E-state index contributed by atoms with van der Waals surface area (Å²) in [7, 11) is 6.05. The number of likely N-dealkylation sites (N-methyl/N-ethyl adjacent to an activating group) is 2. The van der Waals surface area contributed by atoms with Crippen molar-refractivity contribution in [1.29, 1.82) is 0 Å². The first-order valence-electron chi connectivity index (χ1n) is 10.7. The summed E-state index contributed by atoms with van der Waals surface area (Å²) in [6.07, 6.45) is 3.36. The summed E-state index contributed by atoms with van der Waals surface area (Å²) in [6.45, 7) is 4.00. The summed E-state index contributed by atoms with van der Waals surface area (Å²) in [5.74, 6) is 1.44. The predicted octanol–water partition coefficient (Wildman–Crippen LogP) is 5.16. The number of hydrogen-bond donors (Lipinski definition) is 2. The van der Waals surface area contributed by atoms with Crippen LogP contribution in [0.3, 0.4) is 0 Å². The summed E-state index contributed by atoms with van der Waals surface area (Å²) in [4.78, 5) is 20.8. The first kappa shape index (κ1) is 24.4. The number of amides is 2. The standard InChI is InChI=1S/C25H30ClN5O2/c1-18-15-23(24(16-22(18)26)31(4)14-13-30(2)3)29-25(32)28-17-19-5-7-20(8-6-19)33-21-9-11-27-12-10-21/h5-12,15-16H,13-14,17H2,1-4H3,(H2,28,29,32). The maximum Gasteiger partial charge on any atom is 0.319 e. The molecule has 174 valence electrons. The van der Waals surface area contributed by atoms with Gasteiger partial charge in [-0.15, -0.1) is 0 Å². The van der Waals surface area contributed by atoms with Crippen LogP contribution < -0.4 is 20.3 Å². The van der Waals surface area contributed by atoms with Gasteiger partial charge in [0.05, 0.1) is 11.4 Å². The van der Waals surface area contributed by atoms with Crippen molar-refractivity contribution < 1.29 is 9.53 Å². The van der Waals surface area contributed by atoms with Gasteiger partial charge in [0.25, 0.3) is 0 Å². The number of ether oxygens (including phenoxy) is 1. The monoisotopic (exact) mass is 467 g/mol. The number of urea groups is 1. The highest BCUT2D eigenvalue weighted by Gasteiger charge is 2.13. The van der Waals surface area contributed by atoms with Gasteiger partial charge in [-0.05, 0) is 68.5 Å². The van der Waals surface area contributed by atoms with Gasteiger partial charge in [0, 0.05) is 44.1 Å². The summed E-state index contributed by atoms with van der Waals surface area (Å²) in [6, 6.07) is 14.7. The van der Waals surface area contributed by atoms with E-state index in [9.17, 15) is 4.79 Å². The van der Waals surface area contributed by atoms with E-state index in [-0.39, 0.29) is 6.03 Å². The summed E-state index contributed by atoms with van der Waals surface area (Å²) in [5.41, 5.74) is 3.46. The number of carbonyl (C=O) groups excluding carboxylic acids is 1. The van der Waals surface area contributed by atoms with Gasteiger partial charge in [-0.1, -0.05) is 23.7 Å². The molecule has 0 bridgehead atoms. The molecular weight excluding hydrogens is 438 g/mol. The van der Waals surface area contributed by atoms with Crippen molar-refractivity contribution in [2.45, 2.75) is 13.5 Å². The second-order valence-electron chi connectivity index (χ2n) is 8.08. The van der Waals surface area contributed by atoms with Crippen molar-refractivity contribution in [3.05, 3.63) is 77.1 Å². The minimum absolute atomic E-state index is 0.281. The molecule has 1 aromatic heterocycles. The third-order valence-corrected chi connectivity index (χ3v) is 5.49. The second kappa shape index (κ2) is 11.5. The Morgan fingerprint density at radius 1 is 1.00 bits per heavy atom. The van der Waals surface area contributed by atoms with Gasteiger partial charge in [-0.25, -0.2) is 4.79 Å². The number of benzene rings is 2. The molecular formula is C25H30ClN5O2. The third kappa shape index (κ3) is 7.37. The quantitative estimate of drug-likeness (QED) is 0.455. The maximum atomic E-state index is 12.6. The average Bonchev–Trinajstić information content (AvgIpc) is 2.80. The molecule has 3 aromatic rings. The molecule has 0 saturated heterocycles. The molecule has 0 saturated carbocycles. The molecule has 3 rings (SSSR count). The lowest BCUT2D eigenvalue weighted by Crippen LogP contribution is -2.31. The molecule has 2 N–H and O–H groups in total. The number of anilines is 2. The van der Waals surface area contributed by atoms with Crippen molar-refractivity contribution >= 4 is 29.0 Å². The van der Waals surface area contributed by atoms with Gasteiger partial charge in [0.2, 0.25) is 0 Å². The van der Waals surface area contributed by atoms with Gasteiger partial charge in [-0.2, -0.15) is 0 Å². The SMILES string of the molecule is Cc1cc(NC(=O)NCc2ccc(Oc3ccncc3)cc2)c(N(C)CCN(C)C)cc1Cl. The summed E-state index contributed by atoms with van der Waals surface area (Å²) in [5, 5.41) is 6.54. The Morgan fingerprint density at radius 3 is 2.33 bits per heavy atom. The fourth-order valence-electron chi connectivity index (χ4n) is 3.12. The minimum Gasteiger partial charge on any atom is -0.457 e.